The molecule has 0 atom stereocenters. The van der Waals surface area contributed by atoms with E-state index in [9.17, 15) is 0 Å². The molecule has 0 aliphatic carbocycles. The van der Waals surface area contributed by atoms with E-state index in [-0.39, 0.29) is 5.54 Å². The van der Waals surface area contributed by atoms with Crippen molar-refractivity contribution >= 4 is 23.0 Å². The Labute approximate surface area is 95.2 Å². The van der Waals surface area contributed by atoms with Crippen LogP contribution in [0.3, 0.4) is 0 Å². The number of halogens is 1. The van der Waals surface area contributed by atoms with Crippen LogP contribution in [0.15, 0.2) is 0 Å². The lowest BCUT2D eigenvalue weighted by molar-refractivity contribution is 0.110. The highest BCUT2D eigenvalue weighted by Gasteiger charge is 2.06. The van der Waals surface area contributed by atoms with Gasteiger partial charge in [0.05, 0.1) is 13.2 Å². The molecule has 0 aromatic carbocycles. The molecule has 80 valence electrons. The largest absolute Gasteiger partial charge is 0.379 e. The summed E-state index contributed by atoms with van der Waals surface area (Å²) < 4.78 is 10.2. The number of nitrogens with one attached hydrogen (secondary N) is 1. The van der Waals surface area contributed by atoms with Gasteiger partial charge in [-0.15, -0.1) is 0 Å². The molecule has 0 saturated carbocycles. The van der Waals surface area contributed by atoms with Gasteiger partial charge in [0.25, 0.3) is 0 Å². The van der Waals surface area contributed by atoms with Crippen LogP contribution >= 0.6 is 23.0 Å². The maximum atomic E-state index is 5.32. The minimum absolute atomic E-state index is 0.214. The van der Waals surface area contributed by atoms with Crippen molar-refractivity contribution in [1.29, 1.82) is 0 Å². The molecule has 0 unspecified atom stereocenters. The molecule has 4 heteroatoms. The van der Waals surface area contributed by atoms with E-state index in [4.69, 9.17) is 7.80 Å². The number of rotatable bonds is 7. The standard InChI is InChI=1S/C9H20INO2/c1-9(2,3)11-5-4-6-12-7-8-13-10/h11H,4-8H2,1-3H3. The monoisotopic (exact) mass is 301 g/mol. The highest BCUT2D eigenvalue weighted by Crippen LogP contribution is 1.97. The van der Waals surface area contributed by atoms with Gasteiger partial charge in [-0.05, 0) is 33.7 Å². The lowest BCUT2D eigenvalue weighted by Gasteiger charge is -2.20. The van der Waals surface area contributed by atoms with Crippen molar-refractivity contribution in [2.45, 2.75) is 32.7 Å². The van der Waals surface area contributed by atoms with E-state index in [1.807, 2.05) is 23.0 Å². The molecule has 0 aromatic heterocycles. The van der Waals surface area contributed by atoms with Crippen LogP contribution in [-0.2, 0) is 7.80 Å². The minimum Gasteiger partial charge on any atom is -0.379 e. The Bertz CT molecular complexity index is 115. The molecule has 0 spiro atoms. The highest BCUT2D eigenvalue weighted by molar-refractivity contribution is 14.1. The van der Waals surface area contributed by atoms with E-state index < -0.39 is 0 Å². The molecule has 0 radical (unpaired) electrons. The zero-order chi connectivity index (χ0) is 10.2. The molecule has 0 aliphatic rings. The molecular formula is C9H20INO2. The van der Waals surface area contributed by atoms with E-state index in [0.29, 0.717) is 13.2 Å². The molecular weight excluding hydrogens is 281 g/mol. The zero-order valence-corrected chi connectivity index (χ0v) is 10.9. The van der Waals surface area contributed by atoms with Crippen LogP contribution in [0.2, 0.25) is 0 Å². The third kappa shape index (κ3) is 12.6. The first kappa shape index (κ1) is 13.6. The predicted octanol–water partition coefficient (Wildman–Crippen LogP) is 2.15. The van der Waals surface area contributed by atoms with E-state index in [1.54, 1.807) is 0 Å². The quantitative estimate of drug-likeness (QED) is 0.577. The van der Waals surface area contributed by atoms with Crippen LogP contribution in [0.25, 0.3) is 0 Å². The van der Waals surface area contributed by atoms with Crippen LogP contribution in [0, 0.1) is 0 Å². The molecule has 0 aliphatic heterocycles. The van der Waals surface area contributed by atoms with E-state index >= 15 is 0 Å². The molecule has 0 heterocycles. The van der Waals surface area contributed by atoms with Crippen LogP contribution in [0.1, 0.15) is 27.2 Å². The average molecular weight is 301 g/mol. The predicted molar refractivity (Wildman–Crippen MR) is 63.2 cm³/mol. The molecule has 3 nitrogen and oxygen atoms in total. The fourth-order valence-corrected chi connectivity index (χ4v) is 1.01. The van der Waals surface area contributed by atoms with Crippen LogP contribution < -0.4 is 5.32 Å². The number of ether oxygens (including phenoxy) is 1. The summed E-state index contributed by atoms with van der Waals surface area (Å²) in [4.78, 5) is 0. The Hall–Kier alpha value is 0.610. The molecule has 0 fully saturated rings. The number of hydrogen-bond acceptors (Lipinski definition) is 3. The summed E-state index contributed by atoms with van der Waals surface area (Å²) in [7, 11) is 0. The first-order valence-electron chi connectivity index (χ1n) is 4.62. The van der Waals surface area contributed by atoms with Crippen molar-refractivity contribution in [2.24, 2.45) is 0 Å². The smallest absolute Gasteiger partial charge is 0.109 e. The summed E-state index contributed by atoms with van der Waals surface area (Å²) >= 11 is 1.87. The molecule has 1 N–H and O–H groups in total. The molecule has 13 heavy (non-hydrogen) atoms. The second kappa shape index (κ2) is 7.96. The zero-order valence-electron chi connectivity index (χ0n) is 8.73. The third-order valence-electron chi connectivity index (χ3n) is 1.43. The molecule has 0 bridgehead atoms. The summed E-state index contributed by atoms with van der Waals surface area (Å²) in [5.41, 5.74) is 0.214. The van der Waals surface area contributed by atoms with Gasteiger partial charge in [0.2, 0.25) is 0 Å². The summed E-state index contributed by atoms with van der Waals surface area (Å²) in [5.74, 6) is 0. The Morgan fingerprint density at radius 2 is 1.85 bits per heavy atom. The Morgan fingerprint density at radius 3 is 2.38 bits per heavy atom. The topological polar surface area (TPSA) is 30.5 Å². The van der Waals surface area contributed by atoms with Crippen molar-refractivity contribution < 1.29 is 7.80 Å². The second-order valence-electron chi connectivity index (χ2n) is 3.96. The minimum atomic E-state index is 0.214. The van der Waals surface area contributed by atoms with Crippen molar-refractivity contribution in [3.8, 4) is 0 Å². The van der Waals surface area contributed by atoms with Crippen molar-refractivity contribution in [3.05, 3.63) is 0 Å². The summed E-state index contributed by atoms with van der Waals surface area (Å²) in [6.07, 6.45) is 1.05. The van der Waals surface area contributed by atoms with Gasteiger partial charge < -0.3 is 13.1 Å². The van der Waals surface area contributed by atoms with Crippen molar-refractivity contribution in [3.63, 3.8) is 0 Å². The lowest BCUT2D eigenvalue weighted by atomic mass is 10.1. The summed E-state index contributed by atoms with van der Waals surface area (Å²) in [6.45, 7) is 9.68. The molecule has 0 rings (SSSR count). The van der Waals surface area contributed by atoms with E-state index in [1.165, 1.54) is 0 Å². The van der Waals surface area contributed by atoms with Gasteiger partial charge in [0.15, 0.2) is 0 Å². The maximum absolute atomic E-state index is 5.32. The van der Waals surface area contributed by atoms with Gasteiger partial charge in [0, 0.05) is 12.1 Å². The van der Waals surface area contributed by atoms with Gasteiger partial charge in [-0.25, -0.2) is 0 Å². The summed E-state index contributed by atoms with van der Waals surface area (Å²) in [6, 6.07) is 0. The Balaban J connectivity index is 3.00. The first-order valence-corrected chi connectivity index (χ1v) is 5.50. The van der Waals surface area contributed by atoms with Crippen LogP contribution in [-0.4, -0.2) is 31.9 Å². The average Bonchev–Trinajstić information content (AvgIpc) is 2.01. The fraction of sp³-hybridized carbons (Fsp3) is 1.00. The molecule has 0 saturated heterocycles. The lowest BCUT2D eigenvalue weighted by Crippen LogP contribution is -2.36. The van der Waals surface area contributed by atoms with Crippen molar-refractivity contribution in [1.82, 2.24) is 5.32 Å². The molecule has 0 aromatic rings. The second-order valence-corrected chi connectivity index (χ2v) is 4.58. The first-order chi connectivity index (χ1) is 6.06. The van der Waals surface area contributed by atoms with Crippen LogP contribution in [0.4, 0.5) is 0 Å². The van der Waals surface area contributed by atoms with Crippen molar-refractivity contribution in [2.75, 3.05) is 26.4 Å². The Morgan fingerprint density at radius 1 is 1.15 bits per heavy atom. The van der Waals surface area contributed by atoms with Gasteiger partial charge in [-0.3, -0.25) is 0 Å². The van der Waals surface area contributed by atoms with E-state index in [0.717, 1.165) is 19.6 Å². The van der Waals surface area contributed by atoms with Crippen LogP contribution in [0.5, 0.6) is 0 Å². The van der Waals surface area contributed by atoms with Gasteiger partial charge in [-0.1, -0.05) is 0 Å². The van der Waals surface area contributed by atoms with E-state index in [2.05, 4.69) is 26.1 Å². The van der Waals surface area contributed by atoms with Gasteiger partial charge in [0.1, 0.15) is 23.0 Å². The summed E-state index contributed by atoms with van der Waals surface area (Å²) in [5, 5.41) is 3.40. The third-order valence-corrected chi connectivity index (χ3v) is 1.87. The normalized spacial score (nSPS) is 12.0. The maximum Gasteiger partial charge on any atom is 0.109 e. The molecule has 0 amide bonds. The number of hydrogen-bond donors (Lipinski definition) is 1. The SMILES string of the molecule is CC(C)(C)NCCCOCCOI. The highest BCUT2D eigenvalue weighted by atomic mass is 127. The van der Waals surface area contributed by atoms with Gasteiger partial charge in [-0.2, -0.15) is 0 Å². The van der Waals surface area contributed by atoms with Gasteiger partial charge >= 0.3 is 0 Å². The fourth-order valence-electron chi connectivity index (χ4n) is 0.830. The Kier molecular flexibility index (Phi) is 8.34.